The van der Waals surface area contributed by atoms with E-state index in [1.54, 1.807) is 0 Å². The molecule has 0 saturated carbocycles. The highest BCUT2D eigenvalue weighted by molar-refractivity contribution is 7.99. The molecule has 1 fully saturated rings. The van der Waals surface area contributed by atoms with Gasteiger partial charge in [0.15, 0.2) is 0 Å². The van der Waals surface area contributed by atoms with Crippen molar-refractivity contribution in [3.63, 3.8) is 0 Å². The van der Waals surface area contributed by atoms with Crippen LogP contribution in [0.5, 0.6) is 0 Å². The lowest BCUT2D eigenvalue weighted by Gasteiger charge is -2.38. The van der Waals surface area contributed by atoms with E-state index < -0.39 is 0 Å². The Morgan fingerprint density at radius 1 is 1.00 bits per heavy atom. The van der Waals surface area contributed by atoms with Gasteiger partial charge in [0.2, 0.25) is 0 Å². The molecule has 0 nitrogen and oxygen atoms in total. The first-order valence-corrected chi connectivity index (χ1v) is 12.0. The third-order valence-corrected chi connectivity index (χ3v) is 7.51. The predicted molar refractivity (Wildman–Crippen MR) is 132 cm³/mol. The number of unbranched alkanes of at least 4 members (excludes halogenated alkanes) is 1. The zero-order chi connectivity index (χ0) is 21.2. The van der Waals surface area contributed by atoms with Gasteiger partial charge in [-0.3, -0.25) is 0 Å². The summed E-state index contributed by atoms with van der Waals surface area (Å²) in [6.45, 7) is 25.6. The molecular formula is C27H42S. The van der Waals surface area contributed by atoms with Crippen molar-refractivity contribution >= 4 is 11.8 Å². The lowest BCUT2D eigenvalue weighted by molar-refractivity contribution is 0.247. The molecule has 28 heavy (non-hydrogen) atoms. The Balaban J connectivity index is 2.77. The molecule has 1 rings (SSSR count). The highest BCUT2D eigenvalue weighted by Crippen LogP contribution is 2.45. The van der Waals surface area contributed by atoms with Gasteiger partial charge in [0, 0.05) is 0 Å². The standard InChI is InChI=1S/C27H42S/c1-9-25(10-2)22(6)14-12-13-15-23(7)26(24(8)21(4)5)20-27(11-3)16-18-28-19-17-27/h9-10H,1,4,6-7,11-20H2,2-3,5,8H3/b25-10+,26-24+. The smallest absolute Gasteiger partial charge is 0.00621 e. The van der Waals surface area contributed by atoms with Crippen molar-refractivity contribution in [2.24, 2.45) is 5.41 Å². The SMILES string of the molecule is C=C/C(=C\C)C(=C)CCCCC(=C)/C(CC1(CC)CCSCC1)=C(\C)C(=C)C. The van der Waals surface area contributed by atoms with Crippen LogP contribution in [0.1, 0.15) is 79.1 Å². The minimum absolute atomic E-state index is 0.458. The lowest BCUT2D eigenvalue weighted by Crippen LogP contribution is -2.26. The molecule has 0 radical (unpaired) electrons. The quantitative estimate of drug-likeness (QED) is 0.233. The van der Waals surface area contributed by atoms with Crippen LogP contribution >= 0.6 is 11.8 Å². The van der Waals surface area contributed by atoms with Crippen LogP contribution in [0.3, 0.4) is 0 Å². The molecular weight excluding hydrogens is 356 g/mol. The summed E-state index contributed by atoms with van der Waals surface area (Å²) in [6.07, 6.45) is 13.5. The Kier molecular flexibility index (Phi) is 11.0. The van der Waals surface area contributed by atoms with Crippen LogP contribution in [0.15, 0.2) is 71.9 Å². The van der Waals surface area contributed by atoms with E-state index in [-0.39, 0.29) is 0 Å². The second-order valence-electron chi connectivity index (χ2n) is 8.39. The molecule has 0 aliphatic carbocycles. The summed E-state index contributed by atoms with van der Waals surface area (Å²) >= 11 is 2.11. The molecule has 0 aromatic carbocycles. The predicted octanol–water partition coefficient (Wildman–Crippen LogP) is 9.00. The van der Waals surface area contributed by atoms with E-state index >= 15 is 0 Å². The van der Waals surface area contributed by atoms with Crippen molar-refractivity contribution < 1.29 is 0 Å². The van der Waals surface area contributed by atoms with Gasteiger partial charge in [0.1, 0.15) is 0 Å². The third-order valence-electron chi connectivity index (χ3n) is 6.52. The number of thioether (sulfide) groups is 1. The van der Waals surface area contributed by atoms with Gasteiger partial charge in [-0.05, 0) is 105 Å². The molecule has 1 aliphatic heterocycles. The van der Waals surface area contributed by atoms with Crippen LogP contribution in [0.4, 0.5) is 0 Å². The minimum Gasteiger partial charge on any atom is -0.162 e. The molecule has 0 amide bonds. The number of rotatable bonds is 12. The largest absolute Gasteiger partial charge is 0.162 e. The van der Waals surface area contributed by atoms with Crippen LogP contribution < -0.4 is 0 Å². The van der Waals surface area contributed by atoms with Gasteiger partial charge in [-0.25, -0.2) is 0 Å². The van der Waals surface area contributed by atoms with Gasteiger partial charge in [0.25, 0.3) is 0 Å². The molecule has 1 aliphatic rings. The van der Waals surface area contributed by atoms with E-state index in [0.29, 0.717) is 5.41 Å². The maximum atomic E-state index is 4.52. The third kappa shape index (κ3) is 7.32. The molecule has 1 heteroatoms. The maximum Gasteiger partial charge on any atom is -0.00621 e. The number of hydrogen-bond donors (Lipinski definition) is 0. The molecule has 0 unspecified atom stereocenters. The summed E-state index contributed by atoms with van der Waals surface area (Å²) in [7, 11) is 0. The number of hydrogen-bond acceptors (Lipinski definition) is 1. The van der Waals surface area contributed by atoms with Crippen molar-refractivity contribution in [2.75, 3.05) is 11.5 Å². The summed E-state index contributed by atoms with van der Waals surface area (Å²) in [5, 5.41) is 0. The van der Waals surface area contributed by atoms with Crippen molar-refractivity contribution in [1.82, 2.24) is 0 Å². The van der Waals surface area contributed by atoms with Crippen molar-refractivity contribution in [1.29, 1.82) is 0 Å². The summed E-state index contributed by atoms with van der Waals surface area (Å²) < 4.78 is 0. The van der Waals surface area contributed by atoms with Crippen molar-refractivity contribution in [3.8, 4) is 0 Å². The van der Waals surface area contributed by atoms with Crippen LogP contribution in [0.2, 0.25) is 0 Å². The molecule has 0 spiro atoms. The van der Waals surface area contributed by atoms with Crippen LogP contribution in [-0.4, -0.2) is 11.5 Å². The highest BCUT2D eigenvalue weighted by atomic mass is 32.2. The van der Waals surface area contributed by atoms with Crippen LogP contribution in [-0.2, 0) is 0 Å². The molecule has 1 saturated heterocycles. The van der Waals surface area contributed by atoms with Gasteiger partial charge in [-0.2, -0.15) is 11.8 Å². The lowest BCUT2D eigenvalue weighted by atomic mass is 9.72. The van der Waals surface area contributed by atoms with Gasteiger partial charge in [-0.15, -0.1) is 0 Å². The second-order valence-corrected chi connectivity index (χ2v) is 9.61. The summed E-state index contributed by atoms with van der Waals surface area (Å²) in [5.74, 6) is 2.61. The topological polar surface area (TPSA) is 0 Å². The van der Waals surface area contributed by atoms with Crippen molar-refractivity contribution in [3.05, 3.63) is 71.9 Å². The summed E-state index contributed by atoms with van der Waals surface area (Å²) in [5.41, 5.74) is 8.19. The Morgan fingerprint density at radius 2 is 1.57 bits per heavy atom. The van der Waals surface area contributed by atoms with E-state index in [4.69, 9.17) is 0 Å². The molecule has 0 aromatic heterocycles. The average molecular weight is 399 g/mol. The molecule has 0 N–H and O–H groups in total. The Bertz CT molecular complexity index is 635. The Labute approximate surface area is 179 Å². The second kappa shape index (κ2) is 12.4. The first-order chi connectivity index (χ1) is 13.3. The Morgan fingerprint density at radius 3 is 2.04 bits per heavy atom. The van der Waals surface area contributed by atoms with Crippen molar-refractivity contribution in [2.45, 2.75) is 79.1 Å². The fourth-order valence-electron chi connectivity index (χ4n) is 4.05. The summed E-state index contributed by atoms with van der Waals surface area (Å²) in [4.78, 5) is 0. The fraction of sp³-hybridized carbons (Fsp3) is 0.556. The van der Waals surface area contributed by atoms with E-state index in [1.807, 2.05) is 6.08 Å². The summed E-state index contributed by atoms with van der Waals surface area (Å²) in [6, 6.07) is 0. The van der Waals surface area contributed by atoms with Gasteiger partial charge < -0.3 is 0 Å². The zero-order valence-corrected chi connectivity index (χ0v) is 19.8. The average Bonchev–Trinajstić information content (AvgIpc) is 2.70. The monoisotopic (exact) mass is 398 g/mol. The molecule has 156 valence electrons. The molecule has 0 bridgehead atoms. The molecule has 0 atom stereocenters. The van der Waals surface area contributed by atoms with Gasteiger partial charge in [-0.1, -0.05) is 63.0 Å². The number of allylic oxidation sites excluding steroid dienone is 8. The van der Waals surface area contributed by atoms with Crippen LogP contribution in [0.25, 0.3) is 0 Å². The van der Waals surface area contributed by atoms with E-state index in [9.17, 15) is 0 Å². The maximum absolute atomic E-state index is 4.52. The Hall–Kier alpha value is -1.21. The van der Waals surface area contributed by atoms with E-state index in [1.165, 1.54) is 70.6 Å². The minimum atomic E-state index is 0.458. The first-order valence-electron chi connectivity index (χ1n) is 10.9. The van der Waals surface area contributed by atoms with E-state index in [2.05, 4.69) is 71.8 Å². The molecule has 0 aromatic rings. The van der Waals surface area contributed by atoms with E-state index in [0.717, 1.165) is 25.7 Å². The molecule has 1 heterocycles. The van der Waals surface area contributed by atoms with Gasteiger partial charge >= 0.3 is 0 Å². The highest BCUT2D eigenvalue weighted by Gasteiger charge is 2.32. The van der Waals surface area contributed by atoms with Crippen LogP contribution in [0, 0.1) is 5.41 Å². The first kappa shape index (κ1) is 24.8. The van der Waals surface area contributed by atoms with Gasteiger partial charge in [0.05, 0.1) is 0 Å². The zero-order valence-electron chi connectivity index (χ0n) is 19.0. The normalized spacial score (nSPS) is 17.6. The fourth-order valence-corrected chi connectivity index (χ4v) is 5.41.